The van der Waals surface area contributed by atoms with Gasteiger partial charge < -0.3 is 14.6 Å². The van der Waals surface area contributed by atoms with E-state index in [2.05, 4.69) is 0 Å². The fourth-order valence-corrected chi connectivity index (χ4v) is 2.52. The highest BCUT2D eigenvalue weighted by atomic mass is 16.7. The molecule has 3 unspecified atom stereocenters. The molecule has 0 aromatic carbocycles. The van der Waals surface area contributed by atoms with Crippen molar-refractivity contribution in [1.82, 2.24) is 0 Å². The van der Waals surface area contributed by atoms with Crippen LogP contribution in [0.5, 0.6) is 0 Å². The fraction of sp³-hybridized carbons (Fsp3) is 0.833. The van der Waals surface area contributed by atoms with Crippen molar-refractivity contribution in [3.05, 3.63) is 0 Å². The maximum absolute atomic E-state index is 11.8. The van der Waals surface area contributed by atoms with Gasteiger partial charge in [-0.15, -0.1) is 0 Å². The minimum absolute atomic E-state index is 0.104. The normalized spacial score (nSPS) is 26.5. The molecule has 1 fully saturated rings. The van der Waals surface area contributed by atoms with E-state index < -0.39 is 18.2 Å². The Bertz CT molecular complexity index is 285. The smallest absolute Gasteiger partial charge is 0.306 e. The zero-order valence-corrected chi connectivity index (χ0v) is 10.5. The standard InChI is InChI=1S/C12H20O5/c1-7(12(14)15)8-4-5-10(13)9(8)6-11(16-2)17-3/h7-9,11H,4-6H2,1-3H3,(H,14,15). The van der Waals surface area contributed by atoms with Crippen LogP contribution in [-0.2, 0) is 19.1 Å². The lowest BCUT2D eigenvalue weighted by molar-refractivity contribution is -0.146. The monoisotopic (exact) mass is 244 g/mol. The highest BCUT2D eigenvalue weighted by Gasteiger charge is 2.41. The second kappa shape index (κ2) is 6.12. The Morgan fingerprint density at radius 1 is 1.47 bits per heavy atom. The average Bonchev–Trinajstić information content (AvgIpc) is 2.66. The number of carboxylic acid groups (broad SMARTS) is 1. The quantitative estimate of drug-likeness (QED) is 0.713. The molecule has 0 spiro atoms. The van der Waals surface area contributed by atoms with Crippen molar-refractivity contribution in [1.29, 1.82) is 0 Å². The number of aliphatic carboxylic acids is 1. The molecule has 1 aliphatic rings. The van der Waals surface area contributed by atoms with Crippen LogP contribution in [-0.4, -0.2) is 37.4 Å². The van der Waals surface area contributed by atoms with Gasteiger partial charge in [-0.3, -0.25) is 9.59 Å². The van der Waals surface area contributed by atoms with Gasteiger partial charge in [-0.05, 0) is 12.3 Å². The Labute approximate surface area is 101 Å². The van der Waals surface area contributed by atoms with E-state index in [1.807, 2.05) is 0 Å². The molecule has 1 rings (SSSR count). The van der Waals surface area contributed by atoms with Crippen molar-refractivity contribution in [2.45, 2.75) is 32.5 Å². The summed E-state index contributed by atoms with van der Waals surface area (Å²) >= 11 is 0. The molecule has 1 N–H and O–H groups in total. The van der Waals surface area contributed by atoms with Gasteiger partial charge in [0.1, 0.15) is 5.78 Å². The second-order valence-electron chi connectivity index (χ2n) is 4.54. The van der Waals surface area contributed by atoms with Crippen LogP contribution in [0, 0.1) is 17.8 Å². The Morgan fingerprint density at radius 2 is 2.06 bits per heavy atom. The molecule has 0 aliphatic heterocycles. The van der Waals surface area contributed by atoms with Gasteiger partial charge in [0.2, 0.25) is 0 Å². The lowest BCUT2D eigenvalue weighted by Crippen LogP contribution is -2.30. The van der Waals surface area contributed by atoms with E-state index in [0.717, 1.165) is 0 Å². The number of hydrogen-bond donors (Lipinski definition) is 1. The van der Waals surface area contributed by atoms with Crippen LogP contribution in [0.4, 0.5) is 0 Å². The van der Waals surface area contributed by atoms with Crippen molar-refractivity contribution >= 4 is 11.8 Å². The minimum Gasteiger partial charge on any atom is -0.481 e. The summed E-state index contributed by atoms with van der Waals surface area (Å²) in [5.74, 6) is -1.58. The number of hydrogen-bond acceptors (Lipinski definition) is 4. The molecule has 1 aliphatic carbocycles. The number of ether oxygens (including phenoxy) is 2. The molecule has 0 amide bonds. The largest absolute Gasteiger partial charge is 0.481 e. The maximum atomic E-state index is 11.8. The number of ketones is 1. The third kappa shape index (κ3) is 3.26. The Kier molecular flexibility index (Phi) is 5.08. The lowest BCUT2D eigenvalue weighted by atomic mass is 9.83. The zero-order chi connectivity index (χ0) is 13.0. The average molecular weight is 244 g/mol. The number of carbonyl (C=O) groups is 2. The van der Waals surface area contributed by atoms with Gasteiger partial charge in [-0.25, -0.2) is 0 Å². The predicted molar refractivity (Wildman–Crippen MR) is 60.4 cm³/mol. The van der Waals surface area contributed by atoms with Crippen LogP contribution >= 0.6 is 0 Å². The van der Waals surface area contributed by atoms with Crippen molar-refractivity contribution < 1.29 is 24.2 Å². The first-order chi connectivity index (χ1) is 8.01. The molecule has 98 valence electrons. The van der Waals surface area contributed by atoms with Crippen molar-refractivity contribution in [3.8, 4) is 0 Å². The summed E-state index contributed by atoms with van der Waals surface area (Å²) in [6.45, 7) is 1.66. The molecule has 0 aromatic rings. The molecule has 0 bridgehead atoms. The number of carboxylic acids is 1. The maximum Gasteiger partial charge on any atom is 0.306 e. The number of carbonyl (C=O) groups excluding carboxylic acids is 1. The van der Waals surface area contributed by atoms with Gasteiger partial charge >= 0.3 is 5.97 Å². The summed E-state index contributed by atoms with van der Waals surface area (Å²) in [6.07, 6.45) is 1.11. The van der Waals surface area contributed by atoms with E-state index in [4.69, 9.17) is 14.6 Å². The molecule has 0 saturated heterocycles. The topological polar surface area (TPSA) is 72.8 Å². The van der Waals surface area contributed by atoms with E-state index in [1.165, 1.54) is 14.2 Å². The van der Waals surface area contributed by atoms with Crippen LogP contribution in [0.15, 0.2) is 0 Å². The van der Waals surface area contributed by atoms with Crippen LogP contribution in [0.25, 0.3) is 0 Å². The summed E-state index contributed by atoms with van der Waals surface area (Å²) in [5, 5.41) is 9.02. The van der Waals surface area contributed by atoms with Crippen LogP contribution in [0.1, 0.15) is 26.2 Å². The molecular formula is C12H20O5. The summed E-state index contributed by atoms with van der Waals surface area (Å²) in [7, 11) is 3.03. The molecule has 0 aromatic heterocycles. The van der Waals surface area contributed by atoms with E-state index >= 15 is 0 Å². The summed E-state index contributed by atoms with van der Waals surface area (Å²) in [4.78, 5) is 22.8. The second-order valence-corrected chi connectivity index (χ2v) is 4.54. The first-order valence-corrected chi connectivity index (χ1v) is 5.82. The minimum atomic E-state index is -0.846. The van der Waals surface area contributed by atoms with Crippen LogP contribution in [0.3, 0.4) is 0 Å². The highest BCUT2D eigenvalue weighted by Crippen LogP contribution is 2.37. The first kappa shape index (κ1) is 14.1. The van der Waals surface area contributed by atoms with E-state index in [-0.39, 0.29) is 17.6 Å². The zero-order valence-electron chi connectivity index (χ0n) is 10.5. The number of Topliss-reactive ketones (excluding diaryl/α,β-unsaturated/α-hetero) is 1. The molecule has 3 atom stereocenters. The molecule has 0 radical (unpaired) electrons. The van der Waals surface area contributed by atoms with Crippen LogP contribution < -0.4 is 0 Å². The number of methoxy groups -OCH3 is 2. The SMILES string of the molecule is COC(CC1C(=O)CCC1C(C)C(=O)O)OC. The Hall–Kier alpha value is -0.940. The van der Waals surface area contributed by atoms with Gasteiger partial charge in [0.05, 0.1) is 5.92 Å². The van der Waals surface area contributed by atoms with Crippen molar-refractivity contribution in [2.75, 3.05) is 14.2 Å². The third-order valence-electron chi connectivity index (χ3n) is 3.66. The highest BCUT2D eigenvalue weighted by molar-refractivity contribution is 5.84. The summed E-state index contributed by atoms with van der Waals surface area (Å²) in [5.41, 5.74) is 0. The van der Waals surface area contributed by atoms with Gasteiger partial charge in [0.15, 0.2) is 6.29 Å². The molecule has 5 nitrogen and oxygen atoms in total. The van der Waals surface area contributed by atoms with E-state index in [1.54, 1.807) is 6.92 Å². The lowest BCUT2D eigenvalue weighted by Gasteiger charge is -2.24. The van der Waals surface area contributed by atoms with E-state index in [9.17, 15) is 9.59 Å². The van der Waals surface area contributed by atoms with Gasteiger partial charge in [0.25, 0.3) is 0 Å². The first-order valence-electron chi connectivity index (χ1n) is 5.82. The van der Waals surface area contributed by atoms with Gasteiger partial charge in [0, 0.05) is 33.0 Å². The third-order valence-corrected chi connectivity index (χ3v) is 3.66. The van der Waals surface area contributed by atoms with Gasteiger partial charge in [-0.2, -0.15) is 0 Å². The number of rotatable bonds is 6. The molecule has 1 saturated carbocycles. The molecule has 17 heavy (non-hydrogen) atoms. The molecule has 0 heterocycles. The van der Waals surface area contributed by atoms with Crippen molar-refractivity contribution in [3.63, 3.8) is 0 Å². The fourth-order valence-electron chi connectivity index (χ4n) is 2.52. The van der Waals surface area contributed by atoms with E-state index in [0.29, 0.717) is 19.3 Å². The molecular weight excluding hydrogens is 224 g/mol. The Balaban J connectivity index is 2.71. The molecule has 5 heteroatoms. The van der Waals surface area contributed by atoms with Crippen LogP contribution in [0.2, 0.25) is 0 Å². The summed E-state index contributed by atoms with van der Waals surface area (Å²) in [6, 6.07) is 0. The predicted octanol–water partition coefficient (Wildman–Crippen LogP) is 1.31. The summed E-state index contributed by atoms with van der Waals surface area (Å²) < 4.78 is 10.2. The van der Waals surface area contributed by atoms with Crippen molar-refractivity contribution in [2.24, 2.45) is 17.8 Å². The Morgan fingerprint density at radius 3 is 2.53 bits per heavy atom. The van der Waals surface area contributed by atoms with Gasteiger partial charge in [-0.1, -0.05) is 6.92 Å².